The van der Waals surface area contributed by atoms with Gasteiger partial charge in [-0.1, -0.05) is 6.92 Å². The molecule has 0 aliphatic rings. The number of carbonyl (C=O) groups excluding carboxylic acids is 1. The highest BCUT2D eigenvalue weighted by molar-refractivity contribution is 5.68. The third-order valence-corrected chi connectivity index (χ3v) is 1.77. The van der Waals surface area contributed by atoms with Crippen LogP contribution in [-0.4, -0.2) is 37.9 Å². The molecule has 0 saturated heterocycles. The molecule has 0 rings (SSSR count). The summed E-state index contributed by atoms with van der Waals surface area (Å²) in [5.74, 6) is 0.107. The number of esters is 1. The fourth-order valence-electron chi connectivity index (χ4n) is 0.873. The summed E-state index contributed by atoms with van der Waals surface area (Å²) in [7, 11) is 1.39. The number of hydrogen-bond acceptors (Lipinski definition) is 4. The van der Waals surface area contributed by atoms with Crippen LogP contribution in [0.3, 0.4) is 0 Å². The lowest BCUT2D eigenvalue weighted by Gasteiger charge is -2.08. The smallest absolute Gasteiger partial charge is 0.305 e. The van der Waals surface area contributed by atoms with Gasteiger partial charge in [0.25, 0.3) is 0 Å². The zero-order valence-electron chi connectivity index (χ0n) is 8.38. The molecule has 0 aliphatic heterocycles. The minimum Gasteiger partial charge on any atom is -0.469 e. The number of aliphatic hydroxyl groups excluding tert-OH is 1. The van der Waals surface area contributed by atoms with Crippen molar-refractivity contribution in [1.82, 2.24) is 5.32 Å². The Morgan fingerprint density at radius 1 is 1.62 bits per heavy atom. The molecule has 0 amide bonds. The number of methoxy groups -OCH3 is 1. The van der Waals surface area contributed by atoms with E-state index in [0.717, 1.165) is 19.5 Å². The second kappa shape index (κ2) is 8.01. The summed E-state index contributed by atoms with van der Waals surface area (Å²) in [4.78, 5) is 10.7. The van der Waals surface area contributed by atoms with Gasteiger partial charge in [0, 0.05) is 13.0 Å². The molecule has 0 saturated carbocycles. The highest BCUT2D eigenvalue weighted by atomic mass is 16.5. The fourth-order valence-corrected chi connectivity index (χ4v) is 0.873. The van der Waals surface area contributed by atoms with E-state index in [0.29, 0.717) is 6.42 Å². The summed E-state index contributed by atoms with van der Waals surface area (Å²) < 4.78 is 4.49. The van der Waals surface area contributed by atoms with E-state index < -0.39 is 0 Å². The van der Waals surface area contributed by atoms with Crippen LogP contribution in [0.2, 0.25) is 0 Å². The molecular formula is C9H19NO3. The zero-order chi connectivity index (χ0) is 10.1. The van der Waals surface area contributed by atoms with Crippen molar-refractivity contribution in [1.29, 1.82) is 0 Å². The molecule has 78 valence electrons. The quantitative estimate of drug-likeness (QED) is 0.442. The molecule has 4 nitrogen and oxygen atoms in total. The number of rotatable bonds is 7. The largest absolute Gasteiger partial charge is 0.469 e. The summed E-state index contributed by atoms with van der Waals surface area (Å²) in [6.45, 7) is 3.74. The number of nitrogens with one attached hydrogen (secondary N) is 1. The Hall–Kier alpha value is -0.610. The maximum absolute atomic E-state index is 10.7. The van der Waals surface area contributed by atoms with E-state index in [1.54, 1.807) is 0 Å². The molecule has 0 aromatic carbocycles. The lowest BCUT2D eigenvalue weighted by molar-refractivity contribution is -0.140. The first-order valence-electron chi connectivity index (χ1n) is 4.59. The van der Waals surface area contributed by atoms with E-state index in [9.17, 15) is 4.79 Å². The number of ether oxygens (including phenoxy) is 1. The van der Waals surface area contributed by atoms with E-state index in [2.05, 4.69) is 10.1 Å². The third-order valence-electron chi connectivity index (χ3n) is 1.77. The highest BCUT2D eigenvalue weighted by Gasteiger charge is 2.00. The molecule has 0 spiro atoms. The molecule has 1 unspecified atom stereocenters. The molecule has 0 aromatic heterocycles. The maximum atomic E-state index is 10.7. The monoisotopic (exact) mass is 189 g/mol. The first-order valence-corrected chi connectivity index (χ1v) is 4.59. The summed E-state index contributed by atoms with van der Waals surface area (Å²) in [6.07, 6.45) is 1.24. The van der Waals surface area contributed by atoms with Gasteiger partial charge in [-0.05, 0) is 25.4 Å². The lowest BCUT2D eigenvalue weighted by atomic mass is 10.2. The van der Waals surface area contributed by atoms with Gasteiger partial charge >= 0.3 is 5.97 Å². The first-order chi connectivity index (χ1) is 6.20. The van der Waals surface area contributed by atoms with Crippen LogP contribution in [0.1, 0.15) is 19.8 Å². The van der Waals surface area contributed by atoms with Crippen molar-refractivity contribution in [2.45, 2.75) is 19.8 Å². The van der Waals surface area contributed by atoms with Crippen molar-refractivity contribution >= 4 is 5.97 Å². The van der Waals surface area contributed by atoms with Crippen LogP contribution in [0.5, 0.6) is 0 Å². The van der Waals surface area contributed by atoms with Gasteiger partial charge in [-0.25, -0.2) is 0 Å². The topological polar surface area (TPSA) is 58.6 Å². The average Bonchev–Trinajstić information content (AvgIpc) is 2.16. The van der Waals surface area contributed by atoms with Gasteiger partial charge in [-0.2, -0.15) is 0 Å². The Morgan fingerprint density at radius 2 is 2.31 bits per heavy atom. The Morgan fingerprint density at radius 3 is 2.85 bits per heavy atom. The summed E-state index contributed by atoms with van der Waals surface area (Å²) >= 11 is 0. The number of carbonyl (C=O) groups is 1. The lowest BCUT2D eigenvalue weighted by Crippen LogP contribution is -2.24. The van der Waals surface area contributed by atoms with Crippen molar-refractivity contribution in [2.24, 2.45) is 5.92 Å². The standard InChI is InChI=1S/C9H19NO3/c1-8(7-11)6-10-5-3-4-9(12)13-2/h8,10-11H,3-7H2,1-2H3. The van der Waals surface area contributed by atoms with Crippen molar-refractivity contribution in [3.63, 3.8) is 0 Å². The van der Waals surface area contributed by atoms with Crippen molar-refractivity contribution in [3.05, 3.63) is 0 Å². The fraction of sp³-hybridized carbons (Fsp3) is 0.889. The molecule has 2 N–H and O–H groups in total. The molecule has 1 atom stereocenters. The Bertz CT molecular complexity index is 139. The predicted octanol–water partition coefficient (Wildman–Crippen LogP) is 0.158. The molecule has 0 bridgehead atoms. The minimum absolute atomic E-state index is 0.169. The van der Waals surface area contributed by atoms with Crippen molar-refractivity contribution in [2.75, 3.05) is 26.8 Å². The molecule has 0 aliphatic carbocycles. The molecular weight excluding hydrogens is 170 g/mol. The average molecular weight is 189 g/mol. The minimum atomic E-state index is -0.169. The van der Waals surface area contributed by atoms with Gasteiger partial charge in [0.1, 0.15) is 0 Å². The van der Waals surface area contributed by atoms with Crippen LogP contribution in [0.15, 0.2) is 0 Å². The van der Waals surface area contributed by atoms with Gasteiger partial charge in [-0.15, -0.1) is 0 Å². The predicted molar refractivity (Wildman–Crippen MR) is 50.4 cm³/mol. The number of aliphatic hydroxyl groups is 1. The Balaban J connectivity index is 3.12. The van der Waals surface area contributed by atoms with Gasteiger partial charge < -0.3 is 15.2 Å². The van der Waals surface area contributed by atoms with E-state index in [1.165, 1.54) is 7.11 Å². The Kier molecular flexibility index (Phi) is 7.63. The second-order valence-corrected chi connectivity index (χ2v) is 3.17. The highest BCUT2D eigenvalue weighted by Crippen LogP contribution is 1.92. The molecule has 0 aromatic rings. The van der Waals surface area contributed by atoms with E-state index in [-0.39, 0.29) is 18.5 Å². The van der Waals surface area contributed by atoms with Crippen LogP contribution < -0.4 is 5.32 Å². The normalized spacial score (nSPS) is 12.5. The summed E-state index contributed by atoms with van der Waals surface area (Å²) in [6, 6.07) is 0. The third kappa shape index (κ3) is 7.74. The zero-order valence-corrected chi connectivity index (χ0v) is 8.38. The van der Waals surface area contributed by atoms with Crippen LogP contribution in [0.25, 0.3) is 0 Å². The van der Waals surface area contributed by atoms with Crippen LogP contribution >= 0.6 is 0 Å². The van der Waals surface area contributed by atoms with Crippen molar-refractivity contribution in [3.8, 4) is 0 Å². The summed E-state index contributed by atoms with van der Waals surface area (Å²) in [5.41, 5.74) is 0. The van der Waals surface area contributed by atoms with Crippen LogP contribution in [0, 0.1) is 5.92 Å². The summed E-state index contributed by atoms with van der Waals surface area (Å²) in [5, 5.41) is 11.9. The molecule has 13 heavy (non-hydrogen) atoms. The van der Waals surface area contributed by atoms with Gasteiger partial charge in [0.2, 0.25) is 0 Å². The first kappa shape index (κ1) is 12.4. The van der Waals surface area contributed by atoms with Gasteiger partial charge in [0.05, 0.1) is 7.11 Å². The van der Waals surface area contributed by atoms with Crippen LogP contribution in [0.4, 0.5) is 0 Å². The van der Waals surface area contributed by atoms with E-state index in [1.807, 2.05) is 6.92 Å². The molecule has 0 radical (unpaired) electrons. The maximum Gasteiger partial charge on any atom is 0.305 e. The van der Waals surface area contributed by atoms with Crippen LogP contribution in [-0.2, 0) is 9.53 Å². The molecule has 0 heterocycles. The van der Waals surface area contributed by atoms with E-state index >= 15 is 0 Å². The molecule has 0 fully saturated rings. The Labute approximate surface area is 79.3 Å². The SMILES string of the molecule is COC(=O)CCCNCC(C)CO. The number of hydrogen-bond donors (Lipinski definition) is 2. The van der Waals surface area contributed by atoms with Gasteiger partial charge in [0.15, 0.2) is 0 Å². The van der Waals surface area contributed by atoms with Gasteiger partial charge in [-0.3, -0.25) is 4.79 Å². The van der Waals surface area contributed by atoms with E-state index in [4.69, 9.17) is 5.11 Å². The second-order valence-electron chi connectivity index (χ2n) is 3.17. The van der Waals surface area contributed by atoms with Crippen molar-refractivity contribution < 1.29 is 14.6 Å². The molecule has 4 heteroatoms.